The summed E-state index contributed by atoms with van der Waals surface area (Å²) in [5.74, 6) is 0.430. The van der Waals surface area contributed by atoms with Crippen LogP contribution >= 0.6 is 0 Å². The first-order chi connectivity index (χ1) is 12.0. The van der Waals surface area contributed by atoms with Crippen LogP contribution in [0.1, 0.15) is 65.5 Å². The number of halogens is 1. The third kappa shape index (κ3) is 4.35. The molecule has 0 aromatic heterocycles. The fourth-order valence-electron chi connectivity index (χ4n) is 4.27. The Kier molecular flexibility index (Phi) is 7.26. The SMILES string of the molecule is CC[C@H]1CN([C@@H](CC)c2ccc(OC)cc2F)[C@H](CC)CN1C(C)C. The second-order valence-corrected chi connectivity index (χ2v) is 7.42. The Bertz CT molecular complexity index is 549. The van der Waals surface area contributed by atoms with Crippen LogP contribution in [-0.2, 0) is 0 Å². The van der Waals surface area contributed by atoms with Gasteiger partial charge < -0.3 is 4.74 Å². The van der Waals surface area contributed by atoms with E-state index in [-0.39, 0.29) is 11.9 Å². The van der Waals surface area contributed by atoms with Crippen LogP contribution in [0.4, 0.5) is 4.39 Å². The fourth-order valence-corrected chi connectivity index (χ4v) is 4.27. The maximum atomic E-state index is 14.7. The van der Waals surface area contributed by atoms with Crippen LogP contribution in [0.5, 0.6) is 5.75 Å². The van der Waals surface area contributed by atoms with E-state index in [1.807, 2.05) is 12.1 Å². The highest BCUT2D eigenvalue weighted by atomic mass is 19.1. The summed E-state index contributed by atoms with van der Waals surface area (Å²) in [4.78, 5) is 5.18. The number of nitrogens with zero attached hydrogens (tertiary/aromatic N) is 2. The molecule has 1 aliphatic heterocycles. The summed E-state index contributed by atoms with van der Waals surface area (Å²) < 4.78 is 19.9. The Morgan fingerprint density at radius 1 is 1.08 bits per heavy atom. The van der Waals surface area contributed by atoms with Crippen molar-refractivity contribution in [1.29, 1.82) is 0 Å². The number of methoxy groups -OCH3 is 1. The Hall–Kier alpha value is -1.13. The van der Waals surface area contributed by atoms with Gasteiger partial charge >= 0.3 is 0 Å². The van der Waals surface area contributed by atoms with Gasteiger partial charge in [0, 0.05) is 48.9 Å². The predicted molar refractivity (Wildman–Crippen MR) is 103 cm³/mol. The Morgan fingerprint density at radius 3 is 2.16 bits per heavy atom. The first-order valence-electron chi connectivity index (χ1n) is 9.81. The molecule has 1 saturated heterocycles. The van der Waals surface area contributed by atoms with Crippen molar-refractivity contribution < 1.29 is 9.13 Å². The van der Waals surface area contributed by atoms with E-state index in [2.05, 4.69) is 44.4 Å². The number of rotatable bonds is 7. The zero-order chi connectivity index (χ0) is 18.6. The van der Waals surface area contributed by atoms with Crippen LogP contribution in [0.2, 0.25) is 0 Å². The lowest BCUT2D eigenvalue weighted by Gasteiger charge is -2.50. The molecule has 1 heterocycles. The van der Waals surface area contributed by atoms with Crippen LogP contribution in [0, 0.1) is 5.82 Å². The number of benzene rings is 1. The van der Waals surface area contributed by atoms with Crippen molar-refractivity contribution in [1.82, 2.24) is 9.80 Å². The third-order valence-electron chi connectivity index (χ3n) is 5.74. The molecule has 1 aromatic carbocycles. The first-order valence-corrected chi connectivity index (χ1v) is 9.81. The van der Waals surface area contributed by atoms with E-state index >= 15 is 0 Å². The molecule has 0 radical (unpaired) electrons. The number of piperazine rings is 1. The third-order valence-corrected chi connectivity index (χ3v) is 5.74. The van der Waals surface area contributed by atoms with Crippen LogP contribution in [0.15, 0.2) is 18.2 Å². The maximum Gasteiger partial charge on any atom is 0.131 e. The zero-order valence-corrected chi connectivity index (χ0v) is 16.8. The van der Waals surface area contributed by atoms with Gasteiger partial charge in [-0.3, -0.25) is 9.80 Å². The van der Waals surface area contributed by atoms with Crippen molar-refractivity contribution in [2.75, 3.05) is 20.2 Å². The van der Waals surface area contributed by atoms with Crippen molar-refractivity contribution in [3.63, 3.8) is 0 Å². The summed E-state index contributed by atoms with van der Waals surface area (Å²) in [5.41, 5.74) is 0.801. The monoisotopic (exact) mass is 350 g/mol. The molecule has 0 bridgehead atoms. The molecule has 1 aromatic rings. The van der Waals surface area contributed by atoms with Gasteiger partial charge in [0.1, 0.15) is 11.6 Å². The molecule has 0 N–H and O–H groups in total. The van der Waals surface area contributed by atoms with Crippen molar-refractivity contribution in [2.24, 2.45) is 0 Å². The number of hydrogen-bond acceptors (Lipinski definition) is 3. The average molecular weight is 351 g/mol. The van der Waals surface area contributed by atoms with E-state index in [0.717, 1.165) is 37.9 Å². The minimum absolute atomic E-state index is 0.124. The normalized spacial score (nSPS) is 23.8. The van der Waals surface area contributed by atoms with Crippen molar-refractivity contribution >= 4 is 0 Å². The number of hydrogen-bond donors (Lipinski definition) is 0. The molecule has 3 nitrogen and oxygen atoms in total. The predicted octanol–water partition coefficient (Wildman–Crippen LogP) is 4.87. The summed E-state index contributed by atoms with van der Waals surface area (Å²) in [6, 6.07) is 6.99. The molecule has 0 aliphatic carbocycles. The lowest BCUT2D eigenvalue weighted by Crippen LogP contribution is -2.60. The first kappa shape index (κ1) is 20.2. The Balaban J connectivity index is 2.31. The highest BCUT2D eigenvalue weighted by Gasteiger charge is 2.37. The van der Waals surface area contributed by atoms with Crippen LogP contribution < -0.4 is 4.74 Å². The lowest BCUT2D eigenvalue weighted by molar-refractivity contribution is -0.0185. The van der Waals surface area contributed by atoms with Gasteiger partial charge in [0.05, 0.1) is 7.11 Å². The largest absolute Gasteiger partial charge is 0.497 e. The summed E-state index contributed by atoms with van der Waals surface area (Å²) in [6.45, 7) is 13.3. The highest BCUT2D eigenvalue weighted by molar-refractivity contribution is 5.31. The Labute approximate surface area is 153 Å². The second kappa shape index (κ2) is 9.00. The van der Waals surface area contributed by atoms with E-state index < -0.39 is 0 Å². The highest BCUT2D eigenvalue weighted by Crippen LogP contribution is 2.34. The molecule has 0 unspecified atom stereocenters. The molecule has 0 saturated carbocycles. The molecule has 3 atom stereocenters. The Morgan fingerprint density at radius 2 is 1.68 bits per heavy atom. The van der Waals surface area contributed by atoms with Crippen LogP contribution in [0.25, 0.3) is 0 Å². The summed E-state index contributed by atoms with van der Waals surface area (Å²) in [6.07, 6.45) is 3.14. The van der Waals surface area contributed by atoms with E-state index in [4.69, 9.17) is 4.74 Å². The fraction of sp³-hybridized carbons (Fsp3) is 0.714. The zero-order valence-electron chi connectivity index (χ0n) is 16.8. The molecule has 25 heavy (non-hydrogen) atoms. The smallest absolute Gasteiger partial charge is 0.131 e. The van der Waals surface area contributed by atoms with Crippen molar-refractivity contribution in [3.8, 4) is 5.75 Å². The molecule has 0 spiro atoms. The van der Waals surface area contributed by atoms with E-state index in [0.29, 0.717) is 23.9 Å². The molecule has 142 valence electrons. The standard InChI is InChI=1S/C21H35FN2O/c1-7-16-14-24(17(8-2)13-23(16)15(4)5)21(9-3)19-11-10-18(25-6)12-20(19)22/h10-12,15-17,21H,7-9,13-14H2,1-6H3/t16-,17+,21-/m0/s1. The van der Waals surface area contributed by atoms with Crippen LogP contribution in [0.3, 0.4) is 0 Å². The molecule has 4 heteroatoms. The van der Waals surface area contributed by atoms with Crippen LogP contribution in [-0.4, -0.2) is 48.1 Å². The molecule has 0 amide bonds. The maximum absolute atomic E-state index is 14.7. The van der Waals surface area contributed by atoms with E-state index in [1.165, 1.54) is 6.07 Å². The summed E-state index contributed by atoms with van der Waals surface area (Å²) in [7, 11) is 1.58. The van der Waals surface area contributed by atoms with Gasteiger partial charge in [-0.1, -0.05) is 26.8 Å². The van der Waals surface area contributed by atoms with E-state index in [9.17, 15) is 4.39 Å². The van der Waals surface area contributed by atoms with Gasteiger partial charge in [0.15, 0.2) is 0 Å². The van der Waals surface area contributed by atoms with E-state index in [1.54, 1.807) is 7.11 Å². The molecule has 2 rings (SSSR count). The van der Waals surface area contributed by atoms with Gasteiger partial charge in [-0.25, -0.2) is 4.39 Å². The minimum atomic E-state index is -0.152. The average Bonchev–Trinajstić information content (AvgIpc) is 2.62. The van der Waals surface area contributed by atoms with Crippen molar-refractivity contribution in [3.05, 3.63) is 29.6 Å². The van der Waals surface area contributed by atoms with Gasteiger partial charge in [-0.2, -0.15) is 0 Å². The quantitative estimate of drug-likeness (QED) is 0.698. The van der Waals surface area contributed by atoms with Gasteiger partial charge in [-0.05, 0) is 39.2 Å². The van der Waals surface area contributed by atoms with Crippen molar-refractivity contribution in [2.45, 2.75) is 78.0 Å². The summed E-state index contributed by atoms with van der Waals surface area (Å²) >= 11 is 0. The van der Waals surface area contributed by atoms with Gasteiger partial charge in [0.25, 0.3) is 0 Å². The summed E-state index contributed by atoms with van der Waals surface area (Å²) in [5, 5.41) is 0. The minimum Gasteiger partial charge on any atom is -0.497 e. The molecule has 1 aliphatic rings. The molecular weight excluding hydrogens is 315 g/mol. The molecule has 1 fully saturated rings. The second-order valence-electron chi connectivity index (χ2n) is 7.42. The number of ether oxygens (including phenoxy) is 1. The lowest BCUT2D eigenvalue weighted by atomic mass is 9.94. The van der Waals surface area contributed by atoms with Gasteiger partial charge in [-0.15, -0.1) is 0 Å². The molecular formula is C21H35FN2O. The topological polar surface area (TPSA) is 15.7 Å². The van der Waals surface area contributed by atoms with Gasteiger partial charge in [0.2, 0.25) is 0 Å².